The van der Waals surface area contributed by atoms with Crippen LogP contribution in [0.4, 0.5) is 13.2 Å². The highest BCUT2D eigenvalue weighted by Gasteiger charge is 2.31. The molecule has 20 heavy (non-hydrogen) atoms. The second-order valence-corrected chi connectivity index (χ2v) is 6.28. The fourth-order valence-electron chi connectivity index (χ4n) is 2.11. The summed E-state index contributed by atoms with van der Waals surface area (Å²) in [5.74, 6) is 0.766. The second kappa shape index (κ2) is 4.95. The van der Waals surface area contributed by atoms with Gasteiger partial charge < -0.3 is 4.57 Å². The average Bonchev–Trinajstić information content (AvgIpc) is 2.63. The van der Waals surface area contributed by atoms with E-state index in [0.29, 0.717) is 23.4 Å². The standard InChI is InChI=1S/C14H16ClF3N2/c1-13(2,3)8-20-11-5-4-9(14(16,17)18)6-10(11)19-12(20)7-15/h4-6H,7-8H2,1-3H3. The van der Waals surface area contributed by atoms with Gasteiger partial charge in [-0.1, -0.05) is 20.8 Å². The van der Waals surface area contributed by atoms with E-state index >= 15 is 0 Å². The van der Waals surface area contributed by atoms with Gasteiger partial charge in [0.25, 0.3) is 0 Å². The summed E-state index contributed by atoms with van der Waals surface area (Å²) >= 11 is 5.86. The van der Waals surface area contributed by atoms with Gasteiger partial charge in [0.2, 0.25) is 0 Å². The zero-order valence-electron chi connectivity index (χ0n) is 11.6. The molecule has 0 atom stereocenters. The number of hydrogen-bond donors (Lipinski definition) is 0. The Kier molecular flexibility index (Phi) is 3.75. The van der Waals surface area contributed by atoms with Gasteiger partial charge in [-0.2, -0.15) is 13.2 Å². The first-order chi connectivity index (χ1) is 9.12. The summed E-state index contributed by atoms with van der Waals surface area (Å²) in [7, 11) is 0. The molecule has 0 unspecified atom stereocenters. The van der Waals surface area contributed by atoms with Crippen molar-refractivity contribution in [1.29, 1.82) is 0 Å². The quantitative estimate of drug-likeness (QED) is 0.726. The molecule has 0 fully saturated rings. The van der Waals surface area contributed by atoms with Crippen LogP contribution >= 0.6 is 11.6 Å². The second-order valence-electron chi connectivity index (χ2n) is 6.01. The highest BCUT2D eigenvalue weighted by Crippen LogP contribution is 2.32. The zero-order valence-corrected chi connectivity index (χ0v) is 12.3. The third kappa shape index (κ3) is 3.08. The van der Waals surface area contributed by atoms with E-state index in [2.05, 4.69) is 25.8 Å². The summed E-state index contributed by atoms with van der Waals surface area (Å²) < 4.78 is 40.0. The van der Waals surface area contributed by atoms with Crippen LogP contribution in [0.1, 0.15) is 32.2 Å². The molecular formula is C14H16ClF3N2. The third-order valence-corrected chi connectivity index (χ3v) is 3.15. The lowest BCUT2D eigenvalue weighted by molar-refractivity contribution is -0.137. The van der Waals surface area contributed by atoms with Crippen LogP contribution in [0, 0.1) is 5.41 Å². The van der Waals surface area contributed by atoms with E-state index in [1.165, 1.54) is 6.07 Å². The van der Waals surface area contributed by atoms with Crippen LogP contribution in [0.5, 0.6) is 0 Å². The van der Waals surface area contributed by atoms with Crippen molar-refractivity contribution in [1.82, 2.24) is 9.55 Å². The number of rotatable bonds is 2. The molecule has 0 aliphatic rings. The minimum Gasteiger partial charge on any atom is -0.326 e. The van der Waals surface area contributed by atoms with Gasteiger partial charge in [-0.25, -0.2) is 4.98 Å². The van der Waals surface area contributed by atoms with E-state index in [4.69, 9.17) is 11.6 Å². The maximum Gasteiger partial charge on any atom is 0.416 e. The summed E-state index contributed by atoms with van der Waals surface area (Å²) in [6.07, 6.45) is -4.36. The molecule has 2 nitrogen and oxygen atoms in total. The van der Waals surface area contributed by atoms with Crippen molar-refractivity contribution in [2.45, 2.75) is 39.4 Å². The summed E-state index contributed by atoms with van der Waals surface area (Å²) in [6, 6.07) is 3.62. The summed E-state index contributed by atoms with van der Waals surface area (Å²) in [5, 5.41) is 0. The average molecular weight is 305 g/mol. The maximum atomic E-state index is 12.7. The summed E-state index contributed by atoms with van der Waals surface area (Å²) in [5.41, 5.74) is 0.312. The van der Waals surface area contributed by atoms with Crippen LogP contribution < -0.4 is 0 Å². The molecule has 0 aliphatic carbocycles. The lowest BCUT2D eigenvalue weighted by Gasteiger charge is -2.21. The van der Waals surface area contributed by atoms with E-state index < -0.39 is 11.7 Å². The van der Waals surface area contributed by atoms with Crippen molar-refractivity contribution in [3.05, 3.63) is 29.6 Å². The molecule has 0 bridgehead atoms. The highest BCUT2D eigenvalue weighted by atomic mass is 35.5. The van der Waals surface area contributed by atoms with Gasteiger partial charge in [-0.3, -0.25) is 0 Å². The Hall–Kier alpha value is -1.23. The first kappa shape index (κ1) is 15.2. The van der Waals surface area contributed by atoms with E-state index in [1.807, 2.05) is 4.57 Å². The first-order valence-corrected chi connectivity index (χ1v) is 6.77. The molecule has 2 rings (SSSR count). The molecule has 1 aromatic carbocycles. The smallest absolute Gasteiger partial charge is 0.326 e. The van der Waals surface area contributed by atoms with Crippen LogP contribution in [0.2, 0.25) is 0 Å². The van der Waals surface area contributed by atoms with Crippen LogP contribution in [0.3, 0.4) is 0 Å². The molecule has 0 saturated carbocycles. The minimum absolute atomic E-state index is 0.0167. The third-order valence-electron chi connectivity index (χ3n) is 2.91. The first-order valence-electron chi connectivity index (χ1n) is 6.24. The van der Waals surface area contributed by atoms with Crippen LogP contribution in [-0.4, -0.2) is 9.55 Å². The van der Waals surface area contributed by atoms with Gasteiger partial charge >= 0.3 is 6.18 Å². The van der Waals surface area contributed by atoms with Crippen molar-refractivity contribution in [2.24, 2.45) is 5.41 Å². The molecule has 1 heterocycles. The van der Waals surface area contributed by atoms with Crippen molar-refractivity contribution < 1.29 is 13.2 Å². The monoisotopic (exact) mass is 304 g/mol. The minimum atomic E-state index is -4.36. The molecule has 2 aromatic rings. The van der Waals surface area contributed by atoms with Gasteiger partial charge in [0.15, 0.2) is 0 Å². The maximum absolute atomic E-state index is 12.7. The van der Waals surface area contributed by atoms with Crippen molar-refractivity contribution in [2.75, 3.05) is 0 Å². The topological polar surface area (TPSA) is 17.8 Å². The number of alkyl halides is 4. The number of nitrogens with zero attached hydrogens (tertiary/aromatic N) is 2. The molecule has 6 heteroatoms. The number of hydrogen-bond acceptors (Lipinski definition) is 1. The Morgan fingerprint density at radius 3 is 2.35 bits per heavy atom. The summed E-state index contributed by atoms with van der Waals surface area (Å²) in [4.78, 5) is 4.22. The Balaban J connectivity index is 2.58. The van der Waals surface area contributed by atoms with E-state index in [-0.39, 0.29) is 11.3 Å². The normalized spacial score (nSPS) is 13.2. The Labute approximate surface area is 120 Å². The molecule has 1 aromatic heterocycles. The molecule has 0 spiro atoms. The molecule has 0 N–H and O–H groups in total. The van der Waals surface area contributed by atoms with Crippen LogP contribution in [0.25, 0.3) is 11.0 Å². The van der Waals surface area contributed by atoms with Gasteiger partial charge in [0.05, 0.1) is 22.5 Å². The lowest BCUT2D eigenvalue weighted by atomic mass is 9.96. The van der Waals surface area contributed by atoms with Gasteiger partial charge in [0, 0.05) is 6.54 Å². The highest BCUT2D eigenvalue weighted by molar-refractivity contribution is 6.16. The van der Waals surface area contributed by atoms with Crippen molar-refractivity contribution in [3.8, 4) is 0 Å². The Bertz CT molecular complexity index is 624. The fraction of sp³-hybridized carbons (Fsp3) is 0.500. The zero-order chi connectivity index (χ0) is 15.1. The molecular weight excluding hydrogens is 289 g/mol. The molecule has 110 valence electrons. The Morgan fingerprint density at radius 2 is 1.85 bits per heavy atom. The predicted octanol–water partition coefficient (Wildman–Crippen LogP) is 4.84. The number of halogens is 4. The van der Waals surface area contributed by atoms with Crippen molar-refractivity contribution in [3.63, 3.8) is 0 Å². The number of fused-ring (bicyclic) bond motifs is 1. The number of aromatic nitrogens is 2. The van der Waals surface area contributed by atoms with Crippen LogP contribution in [-0.2, 0) is 18.6 Å². The van der Waals surface area contributed by atoms with Crippen molar-refractivity contribution >= 4 is 22.6 Å². The van der Waals surface area contributed by atoms with E-state index in [1.54, 1.807) is 0 Å². The number of imidazole rings is 1. The molecule has 0 radical (unpaired) electrons. The summed E-state index contributed by atoms with van der Waals surface area (Å²) in [6.45, 7) is 6.82. The lowest BCUT2D eigenvalue weighted by Crippen LogP contribution is -2.17. The Morgan fingerprint density at radius 1 is 1.20 bits per heavy atom. The van der Waals surface area contributed by atoms with Gasteiger partial charge in [-0.05, 0) is 23.6 Å². The van der Waals surface area contributed by atoms with E-state index in [9.17, 15) is 13.2 Å². The van der Waals surface area contributed by atoms with Crippen LogP contribution in [0.15, 0.2) is 18.2 Å². The number of benzene rings is 1. The van der Waals surface area contributed by atoms with Gasteiger partial charge in [0.1, 0.15) is 5.82 Å². The SMILES string of the molecule is CC(C)(C)Cn1c(CCl)nc2cc(C(F)(F)F)ccc21. The molecule has 0 aliphatic heterocycles. The van der Waals surface area contributed by atoms with Gasteiger partial charge in [-0.15, -0.1) is 11.6 Å². The predicted molar refractivity (Wildman–Crippen MR) is 73.7 cm³/mol. The fourth-order valence-corrected chi connectivity index (χ4v) is 2.31. The largest absolute Gasteiger partial charge is 0.416 e. The van der Waals surface area contributed by atoms with E-state index in [0.717, 1.165) is 12.1 Å². The molecule has 0 amide bonds. The molecule has 0 saturated heterocycles.